The van der Waals surface area contributed by atoms with Crippen LogP contribution in [0.15, 0.2) is 23.1 Å². The molecule has 0 radical (unpaired) electrons. The largest absolute Gasteiger partial charge is 0.480 e. The molecule has 0 fully saturated rings. The van der Waals surface area contributed by atoms with Crippen molar-refractivity contribution in [3.8, 4) is 0 Å². The molecule has 116 valence electrons. The standard InChI is InChI=1S/C11H15N3O6S/c1-12(2)21(19,20)8-4-5-9(10(6-8)14(17)18)13(3)7-11(15)16/h4-6H,7H2,1-3H3,(H,15,16). The molecule has 0 unspecified atom stereocenters. The minimum absolute atomic E-state index is 0.0279. The van der Waals surface area contributed by atoms with Gasteiger partial charge in [0.2, 0.25) is 10.0 Å². The maximum absolute atomic E-state index is 12.0. The minimum atomic E-state index is -3.80. The predicted molar refractivity (Wildman–Crippen MR) is 74.9 cm³/mol. The molecule has 0 saturated heterocycles. The van der Waals surface area contributed by atoms with Crippen LogP contribution in [0.1, 0.15) is 0 Å². The first-order chi connectivity index (χ1) is 9.57. The summed E-state index contributed by atoms with van der Waals surface area (Å²) >= 11 is 0. The number of carbonyl (C=O) groups is 1. The van der Waals surface area contributed by atoms with Gasteiger partial charge in [0, 0.05) is 27.2 Å². The van der Waals surface area contributed by atoms with Gasteiger partial charge in [-0.15, -0.1) is 0 Å². The topological polar surface area (TPSA) is 121 Å². The first-order valence-electron chi connectivity index (χ1n) is 5.71. The highest BCUT2D eigenvalue weighted by Gasteiger charge is 2.25. The smallest absolute Gasteiger partial charge is 0.323 e. The van der Waals surface area contributed by atoms with Crippen LogP contribution in [0.5, 0.6) is 0 Å². The molecule has 0 aliphatic rings. The maximum atomic E-state index is 12.0. The summed E-state index contributed by atoms with van der Waals surface area (Å²) < 4.78 is 24.9. The van der Waals surface area contributed by atoms with Crippen molar-refractivity contribution in [1.82, 2.24) is 4.31 Å². The van der Waals surface area contributed by atoms with E-state index in [0.717, 1.165) is 15.3 Å². The molecule has 0 aliphatic carbocycles. The van der Waals surface area contributed by atoms with E-state index in [-0.39, 0.29) is 10.6 Å². The van der Waals surface area contributed by atoms with Crippen molar-refractivity contribution in [1.29, 1.82) is 0 Å². The van der Waals surface area contributed by atoms with Gasteiger partial charge < -0.3 is 10.0 Å². The van der Waals surface area contributed by atoms with Crippen LogP contribution < -0.4 is 4.90 Å². The predicted octanol–water partition coefficient (Wildman–Crippen LogP) is 0.366. The quantitative estimate of drug-likeness (QED) is 0.594. The summed E-state index contributed by atoms with van der Waals surface area (Å²) in [5.74, 6) is -1.16. The number of carboxylic acids is 1. The Morgan fingerprint density at radius 3 is 2.33 bits per heavy atom. The number of rotatable bonds is 6. The normalized spacial score (nSPS) is 11.4. The molecule has 1 rings (SSSR count). The number of nitrogens with zero attached hydrogens (tertiary/aromatic N) is 3. The van der Waals surface area contributed by atoms with E-state index in [4.69, 9.17) is 5.11 Å². The van der Waals surface area contributed by atoms with E-state index in [1.54, 1.807) is 0 Å². The number of likely N-dealkylation sites (N-methyl/N-ethyl adjacent to an activating group) is 1. The first kappa shape index (κ1) is 16.9. The van der Waals surface area contributed by atoms with Gasteiger partial charge in [-0.1, -0.05) is 0 Å². The van der Waals surface area contributed by atoms with Gasteiger partial charge in [0.25, 0.3) is 5.69 Å². The van der Waals surface area contributed by atoms with Gasteiger partial charge in [-0.3, -0.25) is 14.9 Å². The molecule has 0 aliphatic heterocycles. The Bertz CT molecular complexity index is 671. The first-order valence-corrected chi connectivity index (χ1v) is 7.15. The lowest BCUT2D eigenvalue weighted by Gasteiger charge is -2.18. The molecule has 0 amide bonds. The van der Waals surface area contributed by atoms with Crippen LogP contribution in [0.4, 0.5) is 11.4 Å². The maximum Gasteiger partial charge on any atom is 0.323 e. The molecule has 0 aromatic heterocycles. The fourth-order valence-electron chi connectivity index (χ4n) is 1.63. The van der Waals surface area contributed by atoms with Gasteiger partial charge in [-0.05, 0) is 12.1 Å². The van der Waals surface area contributed by atoms with Crippen molar-refractivity contribution in [2.45, 2.75) is 4.90 Å². The molecule has 21 heavy (non-hydrogen) atoms. The number of anilines is 1. The van der Waals surface area contributed by atoms with Crippen molar-refractivity contribution in [2.75, 3.05) is 32.6 Å². The Morgan fingerprint density at radius 1 is 1.33 bits per heavy atom. The van der Waals surface area contributed by atoms with Crippen LogP contribution in [0.25, 0.3) is 0 Å². The molecule has 1 N–H and O–H groups in total. The Morgan fingerprint density at radius 2 is 1.90 bits per heavy atom. The highest BCUT2D eigenvalue weighted by Crippen LogP contribution is 2.30. The molecule has 1 aromatic carbocycles. The van der Waals surface area contributed by atoms with E-state index in [1.165, 1.54) is 33.3 Å². The van der Waals surface area contributed by atoms with E-state index < -0.39 is 33.1 Å². The van der Waals surface area contributed by atoms with Crippen LogP contribution in [0.2, 0.25) is 0 Å². The number of hydrogen-bond donors (Lipinski definition) is 1. The van der Waals surface area contributed by atoms with Gasteiger partial charge in [0.15, 0.2) is 0 Å². The zero-order valence-corrected chi connectivity index (χ0v) is 12.5. The third-order valence-electron chi connectivity index (χ3n) is 2.71. The average Bonchev–Trinajstić information content (AvgIpc) is 2.36. The average molecular weight is 317 g/mol. The summed E-state index contributed by atoms with van der Waals surface area (Å²) in [6, 6.07) is 3.34. The number of sulfonamides is 1. The van der Waals surface area contributed by atoms with Gasteiger partial charge in [-0.25, -0.2) is 12.7 Å². The third-order valence-corrected chi connectivity index (χ3v) is 4.52. The zero-order valence-electron chi connectivity index (χ0n) is 11.7. The number of aliphatic carboxylic acids is 1. The third kappa shape index (κ3) is 3.67. The molecule has 0 bridgehead atoms. The Hall–Kier alpha value is -2.20. The second kappa shape index (κ2) is 6.06. The Labute approximate surface area is 121 Å². The van der Waals surface area contributed by atoms with E-state index in [1.807, 2.05) is 0 Å². The van der Waals surface area contributed by atoms with Gasteiger partial charge in [0.05, 0.1) is 9.82 Å². The van der Waals surface area contributed by atoms with E-state index in [9.17, 15) is 23.3 Å². The zero-order chi connectivity index (χ0) is 16.4. The Kier molecular flexibility index (Phi) is 4.86. The number of carboxylic acid groups (broad SMARTS) is 1. The molecule has 9 nitrogen and oxygen atoms in total. The van der Waals surface area contributed by atoms with Crippen LogP contribution in [-0.4, -0.2) is 56.4 Å². The molecule has 1 aromatic rings. The molecular formula is C11H15N3O6S. The molecule has 0 spiro atoms. The lowest BCUT2D eigenvalue weighted by Crippen LogP contribution is -2.26. The highest BCUT2D eigenvalue weighted by atomic mass is 32.2. The molecule has 0 atom stereocenters. The van der Waals surface area contributed by atoms with Crippen LogP contribution >= 0.6 is 0 Å². The highest BCUT2D eigenvalue weighted by molar-refractivity contribution is 7.89. The lowest BCUT2D eigenvalue weighted by atomic mass is 10.2. The minimum Gasteiger partial charge on any atom is -0.480 e. The van der Waals surface area contributed by atoms with Crippen molar-refractivity contribution >= 4 is 27.4 Å². The van der Waals surface area contributed by atoms with Gasteiger partial charge in [0.1, 0.15) is 12.2 Å². The second-order valence-corrected chi connectivity index (χ2v) is 6.60. The van der Waals surface area contributed by atoms with Crippen molar-refractivity contribution in [3.05, 3.63) is 28.3 Å². The van der Waals surface area contributed by atoms with E-state index in [2.05, 4.69) is 0 Å². The monoisotopic (exact) mass is 317 g/mol. The summed E-state index contributed by atoms with van der Waals surface area (Å²) in [5, 5.41) is 19.8. The van der Waals surface area contributed by atoms with E-state index in [0.29, 0.717) is 0 Å². The molecular weight excluding hydrogens is 302 g/mol. The summed E-state index contributed by atoms with van der Waals surface area (Å²) in [6.45, 7) is -0.444. The SMILES string of the molecule is CN(CC(=O)O)c1ccc(S(=O)(=O)N(C)C)cc1[N+](=O)[O-]. The number of nitro groups is 1. The molecule has 0 heterocycles. The lowest BCUT2D eigenvalue weighted by molar-refractivity contribution is -0.384. The van der Waals surface area contributed by atoms with Crippen molar-refractivity contribution in [2.24, 2.45) is 0 Å². The number of benzene rings is 1. The summed E-state index contributed by atoms with van der Waals surface area (Å²) in [5.41, 5.74) is -0.443. The molecule has 0 saturated carbocycles. The number of nitro benzene ring substituents is 1. The van der Waals surface area contributed by atoms with Crippen molar-refractivity contribution < 1.29 is 23.2 Å². The molecule has 10 heteroatoms. The van der Waals surface area contributed by atoms with Crippen LogP contribution in [0.3, 0.4) is 0 Å². The van der Waals surface area contributed by atoms with Crippen molar-refractivity contribution in [3.63, 3.8) is 0 Å². The summed E-state index contributed by atoms with van der Waals surface area (Å²) in [7, 11) is 0.190. The van der Waals surface area contributed by atoms with E-state index >= 15 is 0 Å². The summed E-state index contributed by atoms with van der Waals surface area (Å²) in [4.78, 5) is 21.9. The number of hydrogen-bond acceptors (Lipinski definition) is 6. The fraction of sp³-hybridized carbons (Fsp3) is 0.364. The van der Waals surface area contributed by atoms with Crippen LogP contribution in [-0.2, 0) is 14.8 Å². The van der Waals surface area contributed by atoms with Gasteiger partial charge >= 0.3 is 5.97 Å². The van der Waals surface area contributed by atoms with Gasteiger partial charge in [-0.2, -0.15) is 0 Å². The fourth-order valence-corrected chi connectivity index (χ4v) is 2.55. The van der Waals surface area contributed by atoms with Crippen LogP contribution in [0, 0.1) is 10.1 Å². The second-order valence-electron chi connectivity index (χ2n) is 4.44. The Balaban J connectivity index is 3.39. The summed E-state index contributed by atoms with van der Waals surface area (Å²) in [6.07, 6.45) is 0.